The van der Waals surface area contributed by atoms with Gasteiger partial charge in [-0.25, -0.2) is 4.39 Å². The van der Waals surface area contributed by atoms with Gasteiger partial charge in [-0.15, -0.1) is 0 Å². The van der Waals surface area contributed by atoms with Crippen LogP contribution in [-0.2, 0) is 0 Å². The Balaban J connectivity index is 2.05. The van der Waals surface area contributed by atoms with Gasteiger partial charge < -0.3 is 10.6 Å². The zero-order valence-electron chi connectivity index (χ0n) is 8.59. The molecule has 2 rings (SSSR count). The number of amides is 1. The number of halogens is 2. The summed E-state index contributed by atoms with van der Waals surface area (Å²) in [7, 11) is 0. The van der Waals surface area contributed by atoms with E-state index in [9.17, 15) is 9.18 Å². The predicted molar refractivity (Wildman–Crippen MR) is 60.2 cm³/mol. The largest absolute Gasteiger partial charge is 0.348 e. The molecule has 5 heteroatoms. The van der Waals surface area contributed by atoms with Gasteiger partial charge in [-0.1, -0.05) is 11.6 Å². The van der Waals surface area contributed by atoms with E-state index in [0.717, 1.165) is 19.5 Å². The third kappa shape index (κ3) is 2.51. The van der Waals surface area contributed by atoms with Gasteiger partial charge in [0.2, 0.25) is 0 Å². The fraction of sp³-hybridized carbons (Fsp3) is 0.364. The van der Waals surface area contributed by atoms with Gasteiger partial charge in [0.15, 0.2) is 0 Å². The molecule has 3 nitrogen and oxygen atoms in total. The second-order valence-corrected chi connectivity index (χ2v) is 4.20. The van der Waals surface area contributed by atoms with Crippen molar-refractivity contribution in [1.82, 2.24) is 10.6 Å². The van der Waals surface area contributed by atoms with Crippen molar-refractivity contribution in [2.24, 2.45) is 0 Å². The summed E-state index contributed by atoms with van der Waals surface area (Å²) >= 11 is 5.61. The quantitative estimate of drug-likeness (QED) is 0.827. The number of hydrogen-bond acceptors (Lipinski definition) is 2. The molecular weight excluding hydrogens is 231 g/mol. The summed E-state index contributed by atoms with van der Waals surface area (Å²) < 4.78 is 12.9. The maximum absolute atomic E-state index is 12.9. The Hall–Kier alpha value is -1.13. The summed E-state index contributed by atoms with van der Waals surface area (Å²) in [4.78, 5) is 11.7. The van der Waals surface area contributed by atoms with Crippen LogP contribution < -0.4 is 10.6 Å². The second-order valence-electron chi connectivity index (χ2n) is 3.79. The van der Waals surface area contributed by atoms with Crippen LogP contribution >= 0.6 is 11.6 Å². The minimum Gasteiger partial charge on any atom is -0.348 e. The Morgan fingerprint density at radius 2 is 2.38 bits per heavy atom. The van der Waals surface area contributed by atoms with Crippen LogP contribution in [0.25, 0.3) is 0 Å². The summed E-state index contributed by atoms with van der Waals surface area (Å²) in [6, 6.07) is 4.12. The summed E-state index contributed by atoms with van der Waals surface area (Å²) in [5.74, 6) is -0.726. The van der Waals surface area contributed by atoms with Gasteiger partial charge in [-0.3, -0.25) is 4.79 Å². The third-order valence-electron chi connectivity index (χ3n) is 2.58. The molecule has 1 aliphatic rings. The molecule has 86 valence electrons. The number of benzene rings is 1. The van der Waals surface area contributed by atoms with E-state index in [1.54, 1.807) is 0 Å². The highest BCUT2D eigenvalue weighted by molar-refractivity contribution is 6.31. The van der Waals surface area contributed by atoms with Crippen LogP contribution in [0, 0.1) is 5.82 Å². The van der Waals surface area contributed by atoms with Crippen molar-refractivity contribution in [2.75, 3.05) is 13.1 Å². The molecule has 0 aromatic heterocycles. The monoisotopic (exact) mass is 242 g/mol. The molecule has 0 unspecified atom stereocenters. The zero-order chi connectivity index (χ0) is 11.5. The molecule has 0 radical (unpaired) electrons. The topological polar surface area (TPSA) is 41.1 Å². The fourth-order valence-corrected chi connectivity index (χ4v) is 1.86. The van der Waals surface area contributed by atoms with Crippen molar-refractivity contribution in [3.05, 3.63) is 34.6 Å². The molecule has 1 saturated heterocycles. The maximum atomic E-state index is 12.9. The third-order valence-corrected chi connectivity index (χ3v) is 2.87. The Kier molecular flexibility index (Phi) is 3.41. The van der Waals surface area contributed by atoms with Crippen molar-refractivity contribution >= 4 is 17.5 Å². The summed E-state index contributed by atoms with van der Waals surface area (Å²) in [6.45, 7) is 1.69. The first-order valence-electron chi connectivity index (χ1n) is 5.13. The average molecular weight is 243 g/mol. The molecular formula is C11H12ClFN2O. The molecule has 1 aromatic rings. The van der Waals surface area contributed by atoms with Gasteiger partial charge in [0.1, 0.15) is 5.82 Å². The van der Waals surface area contributed by atoms with E-state index in [0.29, 0.717) is 5.56 Å². The minimum atomic E-state index is -0.513. The van der Waals surface area contributed by atoms with E-state index in [4.69, 9.17) is 11.6 Å². The van der Waals surface area contributed by atoms with Crippen LogP contribution in [0.3, 0.4) is 0 Å². The van der Waals surface area contributed by atoms with Crippen LogP contribution in [-0.4, -0.2) is 25.0 Å². The first-order valence-corrected chi connectivity index (χ1v) is 5.51. The molecule has 1 amide bonds. The molecule has 2 N–H and O–H groups in total. The minimum absolute atomic E-state index is 0.0304. The lowest BCUT2D eigenvalue weighted by Crippen LogP contribution is -2.36. The van der Waals surface area contributed by atoms with Gasteiger partial charge in [0, 0.05) is 18.2 Å². The SMILES string of the molecule is O=C(N[C@@H]1CCNC1)c1ccc(F)c(Cl)c1. The molecule has 1 aromatic carbocycles. The van der Waals surface area contributed by atoms with E-state index in [1.165, 1.54) is 18.2 Å². The van der Waals surface area contributed by atoms with Crippen LogP contribution in [0.15, 0.2) is 18.2 Å². The molecule has 1 atom stereocenters. The fourth-order valence-electron chi connectivity index (χ4n) is 1.68. The lowest BCUT2D eigenvalue weighted by molar-refractivity contribution is 0.0940. The first-order chi connectivity index (χ1) is 7.66. The highest BCUT2D eigenvalue weighted by Gasteiger charge is 2.17. The highest BCUT2D eigenvalue weighted by atomic mass is 35.5. The van der Waals surface area contributed by atoms with Crippen molar-refractivity contribution in [2.45, 2.75) is 12.5 Å². The molecule has 1 heterocycles. The van der Waals surface area contributed by atoms with Crippen LogP contribution in [0.5, 0.6) is 0 Å². The van der Waals surface area contributed by atoms with Crippen LogP contribution in [0.1, 0.15) is 16.8 Å². The van der Waals surface area contributed by atoms with Crippen LogP contribution in [0.4, 0.5) is 4.39 Å². The molecule has 0 aliphatic carbocycles. The van der Waals surface area contributed by atoms with Crippen LogP contribution in [0.2, 0.25) is 5.02 Å². The molecule has 16 heavy (non-hydrogen) atoms. The smallest absolute Gasteiger partial charge is 0.251 e. The summed E-state index contributed by atoms with van der Waals surface area (Å²) in [5, 5.41) is 5.98. The number of nitrogens with one attached hydrogen (secondary N) is 2. The molecule has 0 spiro atoms. The summed E-state index contributed by atoms with van der Waals surface area (Å²) in [6.07, 6.45) is 0.917. The lowest BCUT2D eigenvalue weighted by atomic mass is 10.2. The van der Waals surface area contributed by atoms with Crippen molar-refractivity contribution in [3.8, 4) is 0 Å². The van der Waals surface area contributed by atoms with Crippen molar-refractivity contribution in [3.63, 3.8) is 0 Å². The van der Waals surface area contributed by atoms with Crippen molar-refractivity contribution in [1.29, 1.82) is 0 Å². The summed E-state index contributed by atoms with van der Waals surface area (Å²) in [5.41, 5.74) is 0.387. The molecule has 1 aliphatic heterocycles. The maximum Gasteiger partial charge on any atom is 0.251 e. The van der Waals surface area contributed by atoms with Crippen molar-refractivity contribution < 1.29 is 9.18 Å². The average Bonchev–Trinajstić information content (AvgIpc) is 2.74. The first kappa shape index (κ1) is 11.4. The Labute approximate surface area is 98.0 Å². The number of carbonyl (C=O) groups excluding carboxylic acids is 1. The second kappa shape index (κ2) is 4.80. The Bertz CT molecular complexity index is 405. The lowest BCUT2D eigenvalue weighted by Gasteiger charge is -2.11. The number of hydrogen-bond donors (Lipinski definition) is 2. The van der Waals surface area contributed by atoms with E-state index in [1.807, 2.05) is 0 Å². The number of rotatable bonds is 2. The van der Waals surface area contributed by atoms with E-state index in [2.05, 4.69) is 10.6 Å². The molecule has 0 saturated carbocycles. The predicted octanol–water partition coefficient (Wildman–Crippen LogP) is 1.57. The van der Waals surface area contributed by atoms with Gasteiger partial charge in [-0.2, -0.15) is 0 Å². The van der Waals surface area contributed by atoms with Gasteiger partial charge in [-0.05, 0) is 31.2 Å². The Morgan fingerprint density at radius 3 is 3.00 bits per heavy atom. The van der Waals surface area contributed by atoms with Gasteiger partial charge >= 0.3 is 0 Å². The van der Waals surface area contributed by atoms with E-state index < -0.39 is 5.82 Å². The van der Waals surface area contributed by atoms with Gasteiger partial charge in [0.05, 0.1) is 5.02 Å². The normalized spacial score (nSPS) is 19.8. The molecule has 0 bridgehead atoms. The zero-order valence-corrected chi connectivity index (χ0v) is 9.35. The Morgan fingerprint density at radius 1 is 1.56 bits per heavy atom. The molecule has 1 fully saturated rings. The standard InChI is InChI=1S/C11H12ClFN2O/c12-9-5-7(1-2-10(9)13)11(16)15-8-3-4-14-6-8/h1-2,5,8,14H,3-4,6H2,(H,15,16)/t8-/m1/s1. The van der Waals surface area contributed by atoms with E-state index in [-0.39, 0.29) is 17.0 Å². The van der Waals surface area contributed by atoms with Gasteiger partial charge in [0.25, 0.3) is 5.91 Å². The highest BCUT2D eigenvalue weighted by Crippen LogP contribution is 2.16. The van der Waals surface area contributed by atoms with E-state index >= 15 is 0 Å². The number of carbonyl (C=O) groups is 1.